The number of fused-ring (bicyclic) bond motifs is 3. The zero-order valence-corrected chi connectivity index (χ0v) is 56.5. The monoisotopic (exact) mass is 1370 g/mol. The molecule has 6 aliphatic heterocycles. The van der Waals surface area contributed by atoms with Gasteiger partial charge in [0.15, 0.2) is 0 Å². The number of ketones is 2. The summed E-state index contributed by atoms with van der Waals surface area (Å²) >= 11 is 0. The molecule has 3 fully saturated rings. The second-order valence-corrected chi connectivity index (χ2v) is 23.4. The van der Waals surface area contributed by atoms with Crippen LogP contribution in [0.4, 0.5) is 26.3 Å². The summed E-state index contributed by atoms with van der Waals surface area (Å²) in [4.78, 5) is 63.7. The maximum atomic E-state index is 12.7. The van der Waals surface area contributed by atoms with Crippen molar-refractivity contribution >= 4 is 29.4 Å². The molecule has 1 amide bonds. The second-order valence-electron chi connectivity index (χ2n) is 23.4. The molecule has 6 heterocycles. The molecule has 98 heavy (non-hydrogen) atoms. The molecular formula is C72H86F6N6O14. The van der Waals surface area contributed by atoms with Crippen LogP contribution in [0.1, 0.15) is 92.3 Å². The molecule has 6 aliphatic rings. The number of alkyl halides is 6. The van der Waals surface area contributed by atoms with Crippen molar-refractivity contribution in [2.24, 2.45) is 0 Å². The summed E-state index contributed by atoms with van der Waals surface area (Å²) in [5, 5.41) is 6.54. The fourth-order valence-electron chi connectivity index (χ4n) is 11.2. The normalized spacial score (nSPS) is 15.7. The summed E-state index contributed by atoms with van der Waals surface area (Å²) in [6.07, 6.45) is -11.5. The fourth-order valence-corrected chi connectivity index (χ4v) is 11.2. The van der Waals surface area contributed by atoms with Crippen LogP contribution in [0.25, 0.3) is 0 Å². The molecular weight excluding hydrogens is 1290 g/mol. The van der Waals surface area contributed by atoms with E-state index in [9.17, 15) is 50.3 Å². The van der Waals surface area contributed by atoms with Crippen molar-refractivity contribution in [1.29, 1.82) is 0 Å². The molecule has 530 valence electrons. The van der Waals surface area contributed by atoms with Crippen LogP contribution in [-0.2, 0) is 92.2 Å². The summed E-state index contributed by atoms with van der Waals surface area (Å²) in [5.74, 6) is -4.07. The number of aryl methyl sites for hydroxylation is 2. The topological polar surface area (TPSA) is 205 Å². The quantitative estimate of drug-likeness (QED) is 0.0591. The van der Waals surface area contributed by atoms with Crippen LogP contribution in [0, 0.1) is 13.8 Å². The average molecular weight is 1370 g/mol. The predicted molar refractivity (Wildman–Crippen MR) is 352 cm³/mol. The van der Waals surface area contributed by atoms with Gasteiger partial charge in [-0.05, 0) is 112 Å². The number of halogens is 6. The molecule has 0 radical (unpaired) electrons. The van der Waals surface area contributed by atoms with Gasteiger partial charge in [-0.1, -0.05) is 48.5 Å². The van der Waals surface area contributed by atoms with Crippen molar-refractivity contribution in [1.82, 2.24) is 30.2 Å². The van der Waals surface area contributed by atoms with E-state index in [2.05, 4.69) is 60.4 Å². The summed E-state index contributed by atoms with van der Waals surface area (Å²) in [5.41, 5.74) is 15.8. The molecule has 0 atom stereocenters. The molecule has 2 N–H and O–H groups in total. The van der Waals surface area contributed by atoms with Crippen molar-refractivity contribution in [3.8, 4) is 23.0 Å². The number of rotatable bonds is 14. The lowest BCUT2D eigenvalue weighted by molar-refractivity contribution is -0.193. The van der Waals surface area contributed by atoms with E-state index < -0.39 is 23.9 Å². The van der Waals surface area contributed by atoms with E-state index in [0.717, 1.165) is 157 Å². The van der Waals surface area contributed by atoms with Gasteiger partial charge in [0.2, 0.25) is 0 Å². The van der Waals surface area contributed by atoms with E-state index in [4.69, 9.17) is 37.9 Å². The van der Waals surface area contributed by atoms with Crippen LogP contribution in [0.15, 0.2) is 109 Å². The molecule has 6 aromatic carbocycles. The van der Waals surface area contributed by atoms with E-state index in [1.807, 2.05) is 91.5 Å². The van der Waals surface area contributed by atoms with E-state index >= 15 is 0 Å². The number of hydrogen-bond acceptors (Lipinski definition) is 19. The van der Waals surface area contributed by atoms with Gasteiger partial charge in [-0.15, -0.1) is 0 Å². The van der Waals surface area contributed by atoms with Crippen LogP contribution < -0.4 is 29.6 Å². The number of benzene rings is 6. The Hall–Kier alpha value is -8.47. The Morgan fingerprint density at radius 3 is 1.34 bits per heavy atom. The second kappa shape index (κ2) is 37.5. The van der Waals surface area contributed by atoms with E-state index in [1.165, 1.54) is 58.7 Å². The number of nitrogens with zero attached hydrogens (tertiary/aromatic N) is 4. The minimum Gasteiger partial charge on any atom is -0.497 e. The Bertz CT molecular complexity index is 3610. The lowest BCUT2D eigenvalue weighted by Gasteiger charge is -2.27. The van der Waals surface area contributed by atoms with Gasteiger partial charge in [-0.3, -0.25) is 29.1 Å². The molecule has 0 aromatic heterocycles. The van der Waals surface area contributed by atoms with Crippen LogP contribution in [0.3, 0.4) is 0 Å². The summed E-state index contributed by atoms with van der Waals surface area (Å²) in [7, 11) is 9.43. The highest BCUT2D eigenvalue weighted by atomic mass is 19.4. The molecule has 0 unspecified atom stereocenters. The van der Waals surface area contributed by atoms with Crippen LogP contribution in [-0.4, -0.2) is 183 Å². The summed E-state index contributed by atoms with van der Waals surface area (Å²) < 4.78 is 114. The number of methoxy groups -OCH3 is 6. The third-order valence-corrected chi connectivity index (χ3v) is 16.6. The highest BCUT2D eigenvalue weighted by Gasteiger charge is 2.54. The van der Waals surface area contributed by atoms with Crippen molar-refractivity contribution < 1.29 is 92.9 Å². The molecule has 6 aromatic rings. The van der Waals surface area contributed by atoms with Crippen molar-refractivity contribution in [3.05, 3.63) is 187 Å². The Morgan fingerprint density at radius 1 is 0.429 bits per heavy atom. The maximum absolute atomic E-state index is 12.7. The number of Topliss-reactive ketones (excluding diaryl/α,β-unsaturated/α-hetero) is 2. The minimum absolute atomic E-state index is 0.0985. The number of carbonyl (C=O) groups excluding carboxylic acids is 5. The maximum Gasteiger partial charge on any atom is 0.458 e. The fraction of sp³-hybridized carbons (Fsp3) is 0.431. The molecule has 12 rings (SSSR count). The van der Waals surface area contributed by atoms with Gasteiger partial charge >= 0.3 is 35.9 Å². The van der Waals surface area contributed by atoms with Gasteiger partial charge in [-0.25, -0.2) is 9.59 Å². The number of esters is 2. The Kier molecular flexibility index (Phi) is 29.4. The summed E-state index contributed by atoms with van der Waals surface area (Å²) in [6.45, 7) is 22.3. The Balaban J connectivity index is 0.000000175. The van der Waals surface area contributed by atoms with Gasteiger partial charge < -0.3 is 58.2 Å². The molecule has 0 bridgehead atoms. The third-order valence-electron chi connectivity index (χ3n) is 16.6. The molecule has 3 saturated heterocycles. The molecule has 20 nitrogen and oxygen atoms in total. The first-order chi connectivity index (χ1) is 46.9. The standard InChI is InChI=1S/C22H26N2O4.C19H21NO4.C13H18N2O.C10H12O2.C4F6O2.C4H9NO/c1-26-20-6-5-18(21(12-20)27-2)14-23-13-17-4-3-16(11-19(17)15-23)22(25)24-7-9-28-10-8-24;1-22-17-7-6-15(18(9-17)23-2)11-20-10-14-5-4-13(19(21)24-3)8-16(14)12-20;1-2-12-8-14-9-13(12)7-11(1)10-15-3-5-16-6-4-15;1-7-4-5-9(6-8(7)2)10(11)12-3;5-3(6,7)1(11)2(12)4(8,9)10;1-3-6-4-2-5-1/h3-6,11-12H,7-10,13-15H2,1-2H3;4-9H,10-12H2,1-3H3;1-2,7,14H,3-6,8-10H2;4-6H,1-3H3;;5H,1-4H2. The number of carbonyl (C=O) groups is 5. The summed E-state index contributed by atoms with van der Waals surface area (Å²) in [6, 6.07) is 36.0. The average Bonchev–Trinajstić information content (AvgIpc) is 1.66. The zero-order chi connectivity index (χ0) is 70.9. The largest absolute Gasteiger partial charge is 0.497 e. The number of nitrogens with one attached hydrogen (secondary N) is 2. The van der Waals surface area contributed by atoms with Gasteiger partial charge in [0.25, 0.3) is 5.91 Å². The number of ether oxygens (including phenoxy) is 9. The lowest BCUT2D eigenvalue weighted by Crippen LogP contribution is -2.40. The van der Waals surface area contributed by atoms with Gasteiger partial charge in [0.1, 0.15) is 23.0 Å². The van der Waals surface area contributed by atoms with E-state index in [-0.39, 0.29) is 17.8 Å². The molecule has 0 spiro atoms. The van der Waals surface area contributed by atoms with Crippen molar-refractivity contribution in [3.63, 3.8) is 0 Å². The Labute approximate surface area is 567 Å². The third kappa shape index (κ3) is 22.8. The SMILES string of the molecule is C1COCCN1.COC(=O)c1ccc(C)c(C)c1.COC(=O)c1ccc2c(c1)CN(Cc1ccc(OC)cc1OC)C2.COc1ccc(CN2Cc3ccc(C(=O)N4CCOCC4)cc3C2)c(OC)c1.O=C(C(=O)C(F)(F)F)C(F)(F)F.c1cc2c(cc1CN1CCOCC1)CNC2. The van der Waals surface area contributed by atoms with E-state index in [0.29, 0.717) is 37.4 Å². The molecule has 0 saturated carbocycles. The van der Waals surface area contributed by atoms with E-state index in [1.54, 1.807) is 34.5 Å². The van der Waals surface area contributed by atoms with Crippen LogP contribution in [0.5, 0.6) is 23.0 Å². The van der Waals surface area contributed by atoms with Gasteiger partial charge in [0, 0.05) is 127 Å². The van der Waals surface area contributed by atoms with Crippen LogP contribution in [0.2, 0.25) is 0 Å². The van der Waals surface area contributed by atoms with Crippen LogP contribution >= 0.6 is 0 Å². The first kappa shape index (κ1) is 76.9. The van der Waals surface area contributed by atoms with Crippen molar-refractivity contribution in [2.45, 2.75) is 85.1 Å². The molecule has 0 aliphatic carbocycles. The smallest absolute Gasteiger partial charge is 0.458 e. The first-order valence-corrected chi connectivity index (χ1v) is 31.8. The predicted octanol–water partition coefficient (Wildman–Crippen LogP) is 9.77. The molecule has 26 heteroatoms. The van der Waals surface area contributed by atoms with Gasteiger partial charge in [0.05, 0.1) is 93.4 Å². The highest BCUT2D eigenvalue weighted by Crippen LogP contribution is 2.33. The number of morpholine rings is 3. The number of amides is 1. The zero-order valence-electron chi connectivity index (χ0n) is 56.5. The highest BCUT2D eigenvalue weighted by molar-refractivity contribution is 6.41. The minimum atomic E-state index is -5.77. The lowest BCUT2D eigenvalue weighted by atomic mass is 10.1. The van der Waals surface area contributed by atoms with Gasteiger partial charge in [-0.2, -0.15) is 26.3 Å². The first-order valence-electron chi connectivity index (χ1n) is 31.8. The Morgan fingerprint density at radius 2 is 0.878 bits per heavy atom. The van der Waals surface area contributed by atoms with Crippen molar-refractivity contribution in [2.75, 3.05) is 122 Å². The number of hydrogen-bond donors (Lipinski definition) is 2.